The molecule has 1 aromatic carbocycles. The van der Waals surface area contributed by atoms with Gasteiger partial charge in [0.25, 0.3) is 5.56 Å². The SMILES string of the molecule is CCOC(=O)c1c(C)[nH]c(=O)c(C#N)c1-c1cc2cc(OC)ccc2[nH]c1=S. The van der Waals surface area contributed by atoms with Gasteiger partial charge in [-0.2, -0.15) is 5.26 Å². The maximum atomic E-state index is 12.6. The van der Waals surface area contributed by atoms with E-state index in [2.05, 4.69) is 9.97 Å². The Morgan fingerprint density at radius 1 is 1.29 bits per heavy atom. The lowest BCUT2D eigenvalue weighted by Gasteiger charge is -2.14. The molecule has 0 saturated heterocycles. The fourth-order valence-electron chi connectivity index (χ4n) is 3.05. The molecule has 0 aliphatic rings. The number of esters is 1. The van der Waals surface area contributed by atoms with Crippen molar-refractivity contribution in [3.8, 4) is 22.9 Å². The highest BCUT2D eigenvalue weighted by Gasteiger charge is 2.24. The van der Waals surface area contributed by atoms with E-state index >= 15 is 0 Å². The molecule has 0 atom stereocenters. The molecule has 3 aromatic rings. The third-order valence-corrected chi connectivity index (χ3v) is 4.64. The van der Waals surface area contributed by atoms with Crippen LogP contribution in [0.25, 0.3) is 22.0 Å². The number of benzene rings is 1. The molecule has 2 N–H and O–H groups in total. The van der Waals surface area contributed by atoms with Gasteiger partial charge in [-0.15, -0.1) is 0 Å². The first-order valence-corrected chi connectivity index (χ1v) is 8.87. The maximum absolute atomic E-state index is 12.6. The van der Waals surface area contributed by atoms with Crippen LogP contribution >= 0.6 is 12.2 Å². The van der Waals surface area contributed by atoms with Gasteiger partial charge in [-0.1, -0.05) is 12.2 Å². The van der Waals surface area contributed by atoms with E-state index in [-0.39, 0.29) is 23.3 Å². The molecule has 0 unspecified atom stereocenters. The summed E-state index contributed by atoms with van der Waals surface area (Å²) >= 11 is 5.47. The van der Waals surface area contributed by atoms with Crippen LogP contribution in [0.4, 0.5) is 0 Å². The first kappa shape index (κ1) is 19.3. The molecule has 0 aliphatic heterocycles. The van der Waals surface area contributed by atoms with Gasteiger partial charge in [-0.05, 0) is 38.1 Å². The van der Waals surface area contributed by atoms with Crippen LogP contribution in [0.2, 0.25) is 0 Å². The van der Waals surface area contributed by atoms with Crippen molar-refractivity contribution < 1.29 is 14.3 Å². The number of rotatable bonds is 4. The second-order valence-electron chi connectivity index (χ2n) is 6.00. The van der Waals surface area contributed by atoms with Gasteiger partial charge in [0.1, 0.15) is 22.0 Å². The van der Waals surface area contributed by atoms with Gasteiger partial charge in [-0.25, -0.2) is 4.79 Å². The minimum Gasteiger partial charge on any atom is -0.497 e. The van der Waals surface area contributed by atoms with Gasteiger partial charge in [0.05, 0.1) is 19.3 Å². The highest BCUT2D eigenvalue weighted by molar-refractivity contribution is 7.71. The van der Waals surface area contributed by atoms with E-state index < -0.39 is 11.5 Å². The van der Waals surface area contributed by atoms with Crippen LogP contribution in [-0.2, 0) is 4.74 Å². The molecule has 0 aliphatic carbocycles. The Bertz CT molecular complexity index is 1250. The van der Waals surface area contributed by atoms with Crippen LogP contribution in [0.3, 0.4) is 0 Å². The number of aryl methyl sites for hydroxylation is 1. The quantitative estimate of drug-likeness (QED) is 0.516. The average molecular weight is 395 g/mol. The van der Waals surface area contributed by atoms with Crippen molar-refractivity contribution in [2.45, 2.75) is 13.8 Å². The second-order valence-corrected chi connectivity index (χ2v) is 6.41. The number of H-pyrrole nitrogens is 2. The molecular weight excluding hydrogens is 378 g/mol. The number of pyridine rings is 2. The summed E-state index contributed by atoms with van der Waals surface area (Å²) in [6.07, 6.45) is 0. The highest BCUT2D eigenvalue weighted by Crippen LogP contribution is 2.31. The van der Waals surface area contributed by atoms with E-state index in [9.17, 15) is 14.9 Å². The number of carbonyl (C=O) groups excluding carboxylic acids is 1. The Kier molecular flexibility index (Phi) is 5.29. The van der Waals surface area contributed by atoms with Crippen molar-refractivity contribution >= 4 is 29.1 Å². The van der Waals surface area contributed by atoms with E-state index in [0.29, 0.717) is 21.6 Å². The van der Waals surface area contributed by atoms with Crippen molar-refractivity contribution in [1.29, 1.82) is 5.26 Å². The molecule has 2 aromatic heterocycles. The molecule has 142 valence electrons. The zero-order valence-corrected chi connectivity index (χ0v) is 16.3. The summed E-state index contributed by atoms with van der Waals surface area (Å²) in [6.45, 7) is 3.41. The summed E-state index contributed by atoms with van der Waals surface area (Å²) < 4.78 is 10.7. The first-order chi connectivity index (χ1) is 13.4. The zero-order valence-electron chi connectivity index (χ0n) is 15.5. The Morgan fingerprint density at radius 3 is 2.68 bits per heavy atom. The van der Waals surface area contributed by atoms with E-state index in [1.165, 1.54) is 0 Å². The summed E-state index contributed by atoms with van der Waals surface area (Å²) in [5.41, 5.74) is 0.931. The zero-order chi connectivity index (χ0) is 20.4. The smallest absolute Gasteiger partial charge is 0.340 e. The van der Waals surface area contributed by atoms with Crippen LogP contribution in [-0.4, -0.2) is 29.7 Å². The molecule has 0 fully saturated rings. The number of nitriles is 1. The number of aromatic nitrogens is 2. The third kappa shape index (κ3) is 3.28. The lowest BCUT2D eigenvalue weighted by Crippen LogP contribution is -2.20. The molecule has 0 amide bonds. The molecule has 0 spiro atoms. The first-order valence-electron chi connectivity index (χ1n) is 8.46. The highest BCUT2D eigenvalue weighted by atomic mass is 32.1. The Hall–Kier alpha value is -3.44. The minimum atomic E-state index is -0.636. The predicted molar refractivity (Wildman–Crippen MR) is 107 cm³/mol. The van der Waals surface area contributed by atoms with Crippen LogP contribution in [0, 0.1) is 22.9 Å². The fourth-order valence-corrected chi connectivity index (χ4v) is 3.32. The van der Waals surface area contributed by atoms with Crippen LogP contribution in [0.5, 0.6) is 5.75 Å². The third-order valence-electron chi connectivity index (χ3n) is 4.32. The number of ether oxygens (including phenoxy) is 2. The summed E-state index contributed by atoms with van der Waals surface area (Å²) in [7, 11) is 1.56. The molecule has 8 heteroatoms. The number of nitrogens with zero attached hydrogens (tertiary/aromatic N) is 1. The van der Waals surface area contributed by atoms with Crippen molar-refractivity contribution in [1.82, 2.24) is 9.97 Å². The lowest BCUT2D eigenvalue weighted by molar-refractivity contribution is 0.0526. The number of aromatic amines is 2. The maximum Gasteiger partial charge on any atom is 0.340 e. The number of hydrogen-bond donors (Lipinski definition) is 2. The Balaban J connectivity index is 2.44. The van der Waals surface area contributed by atoms with Gasteiger partial charge < -0.3 is 19.4 Å². The molecule has 28 heavy (non-hydrogen) atoms. The Labute approximate surface area is 165 Å². The van der Waals surface area contributed by atoms with Crippen LogP contribution < -0.4 is 10.3 Å². The molecule has 2 heterocycles. The van der Waals surface area contributed by atoms with Gasteiger partial charge in [-0.3, -0.25) is 4.79 Å². The standard InChI is InChI=1S/C20H17N3O4S/c1-4-27-20(25)16-10(2)22-18(24)14(9-21)17(16)13-8-11-7-12(26-3)5-6-15(11)23-19(13)28/h5-8H,4H2,1-3H3,(H,22,24)(H,23,28). The molecule has 0 saturated carbocycles. The number of hydrogen-bond acceptors (Lipinski definition) is 6. The van der Waals surface area contributed by atoms with E-state index in [1.54, 1.807) is 39.2 Å². The molecule has 0 radical (unpaired) electrons. The van der Waals surface area contributed by atoms with Gasteiger partial charge in [0, 0.05) is 27.7 Å². The van der Waals surface area contributed by atoms with Crippen molar-refractivity contribution in [3.05, 3.63) is 56.1 Å². The Morgan fingerprint density at radius 2 is 2.04 bits per heavy atom. The van der Waals surface area contributed by atoms with Crippen molar-refractivity contribution in [2.75, 3.05) is 13.7 Å². The summed E-state index contributed by atoms with van der Waals surface area (Å²) in [5, 5.41) is 10.3. The number of nitrogens with one attached hydrogen (secondary N) is 2. The van der Waals surface area contributed by atoms with Crippen molar-refractivity contribution in [2.24, 2.45) is 0 Å². The average Bonchev–Trinajstić information content (AvgIpc) is 2.66. The number of carbonyl (C=O) groups is 1. The summed E-state index contributed by atoms with van der Waals surface area (Å²) in [6, 6.07) is 9.01. The van der Waals surface area contributed by atoms with E-state index in [4.69, 9.17) is 21.7 Å². The monoisotopic (exact) mass is 395 g/mol. The second kappa shape index (κ2) is 7.66. The molecule has 3 rings (SSSR count). The van der Waals surface area contributed by atoms with Gasteiger partial charge in [0.2, 0.25) is 0 Å². The van der Waals surface area contributed by atoms with Crippen LogP contribution in [0.1, 0.15) is 28.5 Å². The summed E-state index contributed by atoms with van der Waals surface area (Å²) in [4.78, 5) is 30.6. The van der Waals surface area contributed by atoms with E-state index in [0.717, 1.165) is 10.9 Å². The topological polar surface area (TPSA) is 108 Å². The predicted octanol–water partition coefficient (Wildman–Crippen LogP) is 3.62. The molecular formula is C20H17N3O4S. The number of fused-ring (bicyclic) bond motifs is 1. The largest absolute Gasteiger partial charge is 0.497 e. The fraction of sp³-hybridized carbons (Fsp3) is 0.200. The van der Waals surface area contributed by atoms with Crippen LogP contribution in [0.15, 0.2) is 29.1 Å². The van der Waals surface area contributed by atoms with Crippen molar-refractivity contribution in [3.63, 3.8) is 0 Å². The molecule has 0 bridgehead atoms. The van der Waals surface area contributed by atoms with Gasteiger partial charge in [0.15, 0.2) is 0 Å². The van der Waals surface area contributed by atoms with E-state index in [1.807, 2.05) is 12.1 Å². The minimum absolute atomic E-state index is 0.111. The lowest BCUT2D eigenvalue weighted by atomic mass is 9.95. The molecule has 7 nitrogen and oxygen atoms in total. The normalized spacial score (nSPS) is 10.5. The van der Waals surface area contributed by atoms with Gasteiger partial charge >= 0.3 is 5.97 Å². The number of methoxy groups -OCH3 is 1. The summed E-state index contributed by atoms with van der Waals surface area (Å²) in [5.74, 6) is 0.0000647.